The number of anilines is 1. The number of nitriles is 1. The normalized spacial score (nSPS) is 22.8. The number of aromatic amines is 1. The van der Waals surface area contributed by atoms with Crippen molar-refractivity contribution >= 4 is 39.2 Å². The molecule has 0 saturated carbocycles. The van der Waals surface area contributed by atoms with E-state index in [4.69, 9.17) is 32.7 Å². The molecule has 0 bridgehead atoms. The molecule has 1 fully saturated rings. The third-order valence-electron chi connectivity index (χ3n) is 7.35. The molecule has 5 atom stereocenters. The Morgan fingerprint density at radius 1 is 1.29 bits per heavy atom. The summed E-state index contributed by atoms with van der Waals surface area (Å²) in [5.74, 6) is -0.700. The minimum atomic E-state index is -4.00. The summed E-state index contributed by atoms with van der Waals surface area (Å²) < 4.78 is 49.3. The first-order valence-corrected chi connectivity index (χ1v) is 17.9. The lowest BCUT2D eigenvalue weighted by Gasteiger charge is -2.40. The zero-order valence-corrected chi connectivity index (χ0v) is 27.4. The van der Waals surface area contributed by atoms with Gasteiger partial charge in [-0.3, -0.25) is 38.0 Å². The van der Waals surface area contributed by atoms with E-state index in [0.29, 0.717) is 0 Å². The number of aromatic nitrogens is 4. The van der Waals surface area contributed by atoms with Crippen LogP contribution in [-0.4, -0.2) is 79.5 Å². The summed E-state index contributed by atoms with van der Waals surface area (Å²) >= 11 is 0. The van der Waals surface area contributed by atoms with E-state index < -0.39 is 46.2 Å². The van der Waals surface area contributed by atoms with Gasteiger partial charge in [0.05, 0.1) is 32.0 Å². The fraction of sp³-hybridized carbons (Fsp3) is 0.720. The summed E-state index contributed by atoms with van der Waals surface area (Å²) in [5.41, 5.74) is -0.350. The van der Waals surface area contributed by atoms with Crippen LogP contribution in [0.15, 0.2) is 11.1 Å². The second-order valence-electron chi connectivity index (χ2n) is 11.7. The number of phosphoric acid groups is 1. The van der Waals surface area contributed by atoms with Crippen molar-refractivity contribution in [3.8, 4) is 6.07 Å². The minimum Gasteiger partial charge on any atom is -0.407 e. The van der Waals surface area contributed by atoms with E-state index in [1.807, 2.05) is 6.07 Å². The molecular weight excluding hydrogens is 587 g/mol. The van der Waals surface area contributed by atoms with Gasteiger partial charge in [0.15, 0.2) is 25.7 Å². The molecule has 2 aromatic rings. The predicted molar refractivity (Wildman–Crippen MR) is 155 cm³/mol. The second-order valence-corrected chi connectivity index (χ2v) is 18.2. The molecule has 15 nitrogen and oxygen atoms in total. The van der Waals surface area contributed by atoms with Crippen molar-refractivity contribution in [2.45, 2.75) is 83.7 Å². The molecule has 1 amide bonds. The van der Waals surface area contributed by atoms with Crippen LogP contribution in [-0.2, 0) is 36.8 Å². The lowest BCUT2D eigenvalue weighted by molar-refractivity contribution is -0.118. The van der Waals surface area contributed by atoms with Crippen molar-refractivity contribution in [2.24, 2.45) is 5.92 Å². The molecule has 17 heteroatoms. The Hall–Kier alpha value is -2.48. The van der Waals surface area contributed by atoms with Crippen LogP contribution in [0.1, 0.15) is 47.3 Å². The Balaban J connectivity index is 2.03. The highest BCUT2D eigenvalue weighted by Crippen LogP contribution is 2.50. The summed E-state index contributed by atoms with van der Waals surface area (Å²) in [5, 5.41) is 11.2. The first kappa shape index (κ1) is 34.0. The van der Waals surface area contributed by atoms with E-state index in [0.717, 1.165) is 0 Å². The van der Waals surface area contributed by atoms with E-state index in [1.165, 1.54) is 20.5 Å². The van der Waals surface area contributed by atoms with E-state index >= 15 is 0 Å². The van der Waals surface area contributed by atoms with Gasteiger partial charge in [0.2, 0.25) is 11.9 Å². The van der Waals surface area contributed by atoms with Crippen LogP contribution in [0, 0.1) is 17.2 Å². The molecule has 1 saturated heterocycles. The Morgan fingerprint density at radius 3 is 2.55 bits per heavy atom. The number of H-pyrrole nitrogens is 1. The zero-order chi connectivity index (χ0) is 31.5. The summed E-state index contributed by atoms with van der Waals surface area (Å²) in [6.45, 7) is 13.5. The molecule has 1 aliphatic rings. The topological polar surface area (TPSA) is 189 Å². The molecule has 0 aromatic carbocycles. The molecule has 0 aliphatic carbocycles. The number of phosphoric ester groups is 1. The monoisotopic (exact) mass is 628 g/mol. The average Bonchev–Trinajstić information content (AvgIpc) is 3.47. The number of nitrogens with zero attached hydrogens (tertiary/aromatic N) is 4. The number of carbonyl (C=O) groups excluding carboxylic acids is 1. The van der Waals surface area contributed by atoms with E-state index in [-0.39, 0.29) is 53.6 Å². The lowest BCUT2D eigenvalue weighted by atomic mass is 10.1. The molecule has 0 radical (unpaired) electrons. The molecule has 2 aromatic heterocycles. The van der Waals surface area contributed by atoms with Gasteiger partial charge in [-0.1, -0.05) is 34.6 Å². The fourth-order valence-corrected chi connectivity index (χ4v) is 6.15. The standard InChI is InChI=1S/C25H41N6O9PSi/c1-15(2)21(32)29-24-28-20-17(22(33)30-24)27-14-31(20)23-19(40-42(8,9)25(3,4)5)18(35-6)16(39-23)13-38-41(34,36-7)37-12-10-11-26/h14-16,18-19,23H,10,12-13H2,1-9H3,(H2,28,29,30,32,33)/t16-,18?,19+,23-,41?/m1/s1. The Labute approximate surface area is 245 Å². The number of rotatable bonds is 13. The maximum atomic E-state index is 13.0. The van der Waals surface area contributed by atoms with Gasteiger partial charge in [-0.05, 0) is 18.1 Å². The van der Waals surface area contributed by atoms with Gasteiger partial charge in [-0.2, -0.15) is 10.2 Å². The predicted octanol–water partition coefficient (Wildman–Crippen LogP) is 3.72. The number of imidazole rings is 1. The number of ether oxygens (including phenoxy) is 2. The number of hydrogen-bond acceptors (Lipinski definition) is 12. The lowest BCUT2D eigenvalue weighted by Crippen LogP contribution is -2.49. The van der Waals surface area contributed by atoms with Gasteiger partial charge in [-0.25, -0.2) is 9.55 Å². The molecule has 3 heterocycles. The van der Waals surface area contributed by atoms with Crippen LogP contribution >= 0.6 is 7.82 Å². The Morgan fingerprint density at radius 2 is 1.98 bits per heavy atom. The number of fused-ring (bicyclic) bond motifs is 1. The van der Waals surface area contributed by atoms with Crippen LogP contribution in [0.5, 0.6) is 0 Å². The van der Waals surface area contributed by atoms with Gasteiger partial charge >= 0.3 is 7.82 Å². The van der Waals surface area contributed by atoms with Gasteiger partial charge in [0, 0.05) is 20.1 Å². The molecule has 1 aliphatic heterocycles. The minimum absolute atomic E-state index is 0.00127. The Bertz CT molecular complexity index is 1400. The average molecular weight is 629 g/mol. The summed E-state index contributed by atoms with van der Waals surface area (Å²) in [7, 11) is -3.76. The molecule has 2 N–H and O–H groups in total. The van der Waals surface area contributed by atoms with Crippen LogP contribution in [0.25, 0.3) is 11.2 Å². The van der Waals surface area contributed by atoms with Gasteiger partial charge < -0.3 is 13.9 Å². The third kappa shape index (κ3) is 7.53. The summed E-state index contributed by atoms with van der Waals surface area (Å²) in [6.07, 6.45) is -1.74. The van der Waals surface area contributed by atoms with Crippen LogP contribution < -0.4 is 10.9 Å². The highest BCUT2D eigenvalue weighted by atomic mass is 31.2. The quantitative estimate of drug-likeness (QED) is 0.186. The zero-order valence-electron chi connectivity index (χ0n) is 25.5. The first-order valence-electron chi connectivity index (χ1n) is 13.5. The number of nitrogens with one attached hydrogen (secondary N) is 2. The number of methoxy groups -OCH3 is 1. The third-order valence-corrected chi connectivity index (χ3v) is 13.2. The van der Waals surface area contributed by atoms with E-state index in [1.54, 1.807) is 18.4 Å². The SMILES string of the molecule is COC1[C@@H](COP(=O)(OC)OCCC#N)O[C@@H](n2cnc3c(=O)[nH]c(NC(=O)C(C)C)nc32)[C@H]1O[Si](C)(C)C(C)(C)C. The smallest absolute Gasteiger partial charge is 0.407 e. The molecule has 2 unspecified atom stereocenters. The summed E-state index contributed by atoms with van der Waals surface area (Å²) in [4.78, 5) is 36.4. The Kier molecular flexibility index (Phi) is 10.9. The maximum absolute atomic E-state index is 13.0. The fourth-order valence-electron chi connectivity index (χ4n) is 3.94. The van der Waals surface area contributed by atoms with Gasteiger partial charge in [0.25, 0.3) is 5.56 Å². The molecular formula is C25H41N6O9PSi. The van der Waals surface area contributed by atoms with Crippen molar-refractivity contribution in [2.75, 3.05) is 32.8 Å². The molecule has 3 rings (SSSR count). The number of carbonyl (C=O) groups is 1. The first-order chi connectivity index (χ1) is 19.6. The molecule has 0 spiro atoms. The van der Waals surface area contributed by atoms with Crippen molar-refractivity contribution < 1.29 is 36.8 Å². The van der Waals surface area contributed by atoms with Crippen LogP contribution in [0.2, 0.25) is 18.1 Å². The highest BCUT2D eigenvalue weighted by Gasteiger charge is 2.52. The van der Waals surface area contributed by atoms with E-state index in [2.05, 4.69) is 54.1 Å². The van der Waals surface area contributed by atoms with Crippen LogP contribution in [0.3, 0.4) is 0 Å². The number of amides is 1. The van der Waals surface area contributed by atoms with E-state index in [9.17, 15) is 14.2 Å². The molecule has 234 valence electrons. The van der Waals surface area contributed by atoms with Crippen molar-refractivity contribution in [3.05, 3.63) is 16.7 Å². The van der Waals surface area contributed by atoms with Crippen molar-refractivity contribution in [3.63, 3.8) is 0 Å². The maximum Gasteiger partial charge on any atom is 0.474 e. The van der Waals surface area contributed by atoms with Gasteiger partial charge in [-0.15, -0.1) is 0 Å². The van der Waals surface area contributed by atoms with Crippen LogP contribution in [0.4, 0.5) is 5.95 Å². The highest BCUT2D eigenvalue weighted by molar-refractivity contribution is 7.48. The van der Waals surface area contributed by atoms with Gasteiger partial charge in [0.1, 0.15) is 18.3 Å². The van der Waals surface area contributed by atoms with Crippen molar-refractivity contribution in [1.29, 1.82) is 5.26 Å². The van der Waals surface area contributed by atoms with Crippen molar-refractivity contribution in [1.82, 2.24) is 19.5 Å². The molecule has 42 heavy (non-hydrogen) atoms. The number of hydrogen-bond donors (Lipinski definition) is 2. The summed E-state index contributed by atoms with van der Waals surface area (Å²) in [6, 6.07) is 1.90. The second kappa shape index (κ2) is 13.4. The largest absolute Gasteiger partial charge is 0.474 e.